The first-order valence-corrected chi connectivity index (χ1v) is 11.6. The van der Waals surface area contributed by atoms with Crippen LogP contribution in [0.15, 0.2) is 46.8 Å². The second kappa shape index (κ2) is 11.7. The van der Waals surface area contributed by atoms with Crippen LogP contribution < -0.4 is 10.1 Å². The Kier molecular flexibility index (Phi) is 9.01. The lowest BCUT2D eigenvalue weighted by Crippen LogP contribution is -2.48. The van der Waals surface area contributed by atoms with Gasteiger partial charge in [-0.25, -0.2) is 0 Å². The Morgan fingerprint density at radius 2 is 1.94 bits per heavy atom. The number of rotatable bonds is 5. The molecule has 1 N–H and O–H groups in total. The summed E-state index contributed by atoms with van der Waals surface area (Å²) in [5.74, 6) is 2.02. The maximum absolute atomic E-state index is 12.6. The number of ether oxygens (including phenoxy) is 1. The fourth-order valence-corrected chi connectivity index (χ4v) is 5.00. The van der Waals surface area contributed by atoms with Crippen molar-refractivity contribution >= 4 is 47.2 Å². The number of piperidine rings is 1. The van der Waals surface area contributed by atoms with Gasteiger partial charge in [0, 0.05) is 63.9 Å². The average Bonchev–Trinajstić information content (AvgIpc) is 3.26. The molecule has 1 saturated heterocycles. The summed E-state index contributed by atoms with van der Waals surface area (Å²) < 4.78 is 6.08. The highest BCUT2D eigenvalue weighted by molar-refractivity contribution is 14.0. The van der Waals surface area contributed by atoms with E-state index in [0.29, 0.717) is 13.0 Å². The van der Waals surface area contributed by atoms with E-state index in [1.807, 2.05) is 35.2 Å². The van der Waals surface area contributed by atoms with Gasteiger partial charge in [-0.1, -0.05) is 18.2 Å². The SMILES string of the molecule is CN=C(NCCC(=O)N1CCc2sccc2C1)N1CCC(Oc2ccccc2)CC1.I. The minimum Gasteiger partial charge on any atom is -0.490 e. The maximum atomic E-state index is 12.6. The number of carbonyl (C=O) groups is 1. The molecule has 0 atom stereocenters. The van der Waals surface area contributed by atoms with Gasteiger partial charge in [0.1, 0.15) is 11.9 Å². The van der Waals surface area contributed by atoms with Crippen LogP contribution in [0.1, 0.15) is 29.7 Å². The summed E-state index contributed by atoms with van der Waals surface area (Å²) in [7, 11) is 1.81. The van der Waals surface area contributed by atoms with Gasteiger partial charge in [0.05, 0.1) is 0 Å². The molecule has 0 aliphatic carbocycles. The summed E-state index contributed by atoms with van der Waals surface area (Å²) >= 11 is 1.80. The lowest BCUT2D eigenvalue weighted by atomic mass is 10.1. The molecular weight excluding hydrogens is 523 g/mol. The van der Waals surface area contributed by atoms with Crippen LogP contribution in [-0.4, -0.2) is 61.0 Å². The number of benzene rings is 1. The van der Waals surface area contributed by atoms with Gasteiger partial charge in [0.25, 0.3) is 0 Å². The second-order valence-corrected chi connectivity index (χ2v) is 8.78. The third-order valence-corrected chi connectivity index (χ3v) is 6.80. The normalized spacial score (nSPS) is 17.0. The zero-order valence-electron chi connectivity index (χ0n) is 18.0. The Bertz CT molecular complexity index is 865. The first-order chi connectivity index (χ1) is 14.7. The van der Waals surface area contributed by atoms with E-state index in [0.717, 1.165) is 57.2 Å². The summed E-state index contributed by atoms with van der Waals surface area (Å²) in [5, 5.41) is 5.50. The van der Waals surface area contributed by atoms with E-state index < -0.39 is 0 Å². The molecule has 2 aliphatic rings. The Hall–Kier alpha value is -1.81. The summed E-state index contributed by atoms with van der Waals surface area (Å²) in [4.78, 5) is 22.7. The molecule has 4 rings (SSSR count). The molecule has 0 spiro atoms. The molecule has 31 heavy (non-hydrogen) atoms. The minimum atomic E-state index is 0. The second-order valence-electron chi connectivity index (χ2n) is 7.78. The Morgan fingerprint density at radius 1 is 1.16 bits per heavy atom. The summed E-state index contributed by atoms with van der Waals surface area (Å²) in [6.45, 7) is 3.99. The minimum absolute atomic E-state index is 0. The van der Waals surface area contributed by atoms with Gasteiger partial charge in [-0.2, -0.15) is 0 Å². The summed E-state index contributed by atoms with van der Waals surface area (Å²) in [6, 6.07) is 12.2. The number of guanidine groups is 1. The van der Waals surface area contributed by atoms with E-state index >= 15 is 0 Å². The van der Waals surface area contributed by atoms with Gasteiger partial charge in [-0.05, 0) is 35.6 Å². The number of nitrogens with zero attached hydrogens (tertiary/aromatic N) is 3. The predicted octanol–water partition coefficient (Wildman–Crippen LogP) is 3.76. The van der Waals surface area contributed by atoms with Crippen LogP contribution in [0.2, 0.25) is 0 Å². The number of thiophene rings is 1. The molecule has 0 bridgehead atoms. The standard InChI is InChI=1S/C23H30N4O2S.HI/c1-24-23(26-13-8-20(9-14-26)29-19-5-3-2-4-6-19)25-12-7-22(28)27-15-10-21-18(17-27)11-16-30-21;/h2-6,11,16,20H,7-10,12-15,17H2,1H3,(H,24,25);1H. The number of aliphatic imine (C=N–C) groups is 1. The fraction of sp³-hybridized carbons (Fsp3) is 0.478. The van der Waals surface area contributed by atoms with E-state index in [-0.39, 0.29) is 36.0 Å². The molecule has 1 aromatic carbocycles. The molecule has 3 heterocycles. The number of hydrogen-bond acceptors (Lipinski definition) is 4. The van der Waals surface area contributed by atoms with Crippen molar-refractivity contribution in [3.8, 4) is 5.75 Å². The van der Waals surface area contributed by atoms with Crippen LogP contribution in [0.25, 0.3) is 0 Å². The van der Waals surface area contributed by atoms with E-state index in [4.69, 9.17) is 4.74 Å². The molecule has 168 valence electrons. The highest BCUT2D eigenvalue weighted by Gasteiger charge is 2.24. The Balaban J connectivity index is 0.00000272. The number of fused-ring (bicyclic) bond motifs is 1. The van der Waals surface area contributed by atoms with Crippen molar-refractivity contribution in [3.63, 3.8) is 0 Å². The third-order valence-electron chi connectivity index (χ3n) is 5.78. The Morgan fingerprint density at radius 3 is 2.68 bits per heavy atom. The number of nitrogens with one attached hydrogen (secondary N) is 1. The molecule has 0 saturated carbocycles. The van der Waals surface area contributed by atoms with Crippen LogP contribution in [0.5, 0.6) is 5.75 Å². The van der Waals surface area contributed by atoms with Crippen LogP contribution in [0.3, 0.4) is 0 Å². The number of carbonyl (C=O) groups excluding carboxylic acids is 1. The molecule has 2 aliphatic heterocycles. The van der Waals surface area contributed by atoms with Gasteiger partial charge in [0.15, 0.2) is 5.96 Å². The van der Waals surface area contributed by atoms with Crippen molar-refractivity contribution in [2.24, 2.45) is 4.99 Å². The molecule has 6 nitrogen and oxygen atoms in total. The van der Waals surface area contributed by atoms with Gasteiger partial charge >= 0.3 is 0 Å². The van der Waals surface area contributed by atoms with Crippen molar-refractivity contribution in [2.45, 2.75) is 38.3 Å². The van der Waals surface area contributed by atoms with Crippen molar-refractivity contribution in [3.05, 3.63) is 52.2 Å². The van der Waals surface area contributed by atoms with Crippen LogP contribution in [-0.2, 0) is 17.8 Å². The largest absolute Gasteiger partial charge is 0.490 e. The molecule has 1 aromatic heterocycles. The van der Waals surface area contributed by atoms with Crippen molar-refractivity contribution in [1.29, 1.82) is 0 Å². The smallest absolute Gasteiger partial charge is 0.224 e. The van der Waals surface area contributed by atoms with Crippen molar-refractivity contribution < 1.29 is 9.53 Å². The predicted molar refractivity (Wildman–Crippen MR) is 136 cm³/mol. The molecule has 0 radical (unpaired) electrons. The zero-order chi connectivity index (χ0) is 20.8. The molecule has 8 heteroatoms. The lowest BCUT2D eigenvalue weighted by molar-refractivity contribution is -0.131. The molecular formula is C23H31IN4O2S. The zero-order valence-corrected chi connectivity index (χ0v) is 21.1. The molecule has 2 aromatic rings. The average molecular weight is 554 g/mol. The summed E-state index contributed by atoms with van der Waals surface area (Å²) in [6.07, 6.45) is 3.64. The monoisotopic (exact) mass is 554 g/mol. The molecule has 1 amide bonds. The number of para-hydroxylation sites is 1. The third kappa shape index (κ3) is 6.35. The lowest BCUT2D eigenvalue weighted by Gasteiger charge is -2.34. The maximum Gasteiger partial charge on any atom is 0.224 e. The first-order valence-electron chi connectivity index (χ1n) is 10.7. The van der Waals surface area contributed by atoms with Gasteiger partial charge < -0.3 is 19.9 Å². The van der Waals surface area contributed by atoms with Gasteiger partial charge in [-0.3, -0.25) is 9.79 Å². The van der Waals surface area contributed by atoms with Crippen LogP contribution in [0.4, 0.5) is 0 Å². The topological polar surface area (TPSA) is 57.2 Å². The number of amides is 1. The molecule has 1 fully saturated rings. The number of likely N-dealkylation sites (tertiary alicyclic amines) is 1. The Labute approximate surface area is 205 Å². The fourth-order valence-electron chi connectivity index (χ4n) is 4.11. The first kappa shape index (κ1) is 23.8. The number of hydrogen-bond donors (Lipinski definition) is 1. The highest BCUT2D eigenvalue weighted by atomic mass is 127. The quantitative estimate of drug-likeness (QED) is 0.348. The van der Waals surface area contributed by atoms with E-state index in [1.54, 1.807) is 18.4 Å². The van der Waals surface area contributed by atoms with Crippen molar-refractivity contribution in [2.75, 3.05) is 33.2 Å². The summed E-state index contributed by atoms with van der Waals surface area (Å²) in [5.41, 5.74) is 1.31. The van der Waals surface area contributed by atoms with E-state index in [2.05, 4.69) is 26.7 Å². The highest BCUT2D eigenvalue weighted by Crippen LogP contribution is 2.24. The van der Waals surface area contributed by atoms with Gasteiger partial charge in [-0.15, -0.1) is 35.3 Å². The number of halogens is 1. The van der Waals surface area contributed by atoms with Gasteiger partial charge in [0.2, 0.25) is 5.91 Å². The van der Waals surface area contributed by atoms with Crippen LogP contribution in [0, 0.1) is 0 Å². The van der Waals surface area contributed by atoms with E-state index in [1.165, 1.54) is 10.4 Å². The van der Waals surface area contributed by atoms with E-state index in [9.17, 15) is 4.79 Å². The molecule has 0 unspecified atom stereocenters. The van der Waals surface area contributed by atoms with Crippen LogP contribution >= 0.6 is 35.3 Å². The van der Waals surface area contributed by atoms with Crippen molar-refractivity contribution in [1.82, 2.24) is 15.1 Å².